The lowest BCUT2D eigenvalue weighted by Crippen LogP contribution is -2.56. The van der Waals surface area contributed by atoms with Crippen molar-refractivity contribution in [2.24, 2.45) is 11.8 Å². The van der Waals surface area contributed by atoms with Gasteiger partial charge in [-0.05, 0) is 13.3 Å². The predicted molar refractivity (Wildman–Crippen MR) is 53.4 cm³/mol. The summed E-state index contributed by atoms with van der Waals surface area (Å²) in [5.41, 5.74) is 0. The quantitative estimate of drug-likeness (QED) is 0.636. The molecule has 6 nitrogen and oxygen atoms in total. The maximum absolute atomic E-state index is 11.9. The maximum Gasteiger partial charge on any atom is 0.307 e. The third-order valence-corrected chi connectivity index (χ3v) is 3.21. The van der Waals surface area contributed by atoms with Crippen LogP contribution in [-0.2, 0) is 14.4 Å². The molecular formula is C10H14N2O4. The van der Waals surface area contributed by atoms with Gasteiger partial charge in [-0.1, -0.05) is 0 Å². The van der Waals surface area contributed by atoms with Crippen LogP contribution in [0.4, 0.5) is 0 Å². The lowest BCUT2D eigenvalue weighted by atomic mass is 10.1. The molecule has 2 amide bonds. The topological polar surface area (TPSA) is 86.7 Å². The largest absolute Gasteiger partial charge is 0.481 e. The van der Waals surface area contributed by atoms with Crippen LogP contribution >= 0.6 is 0 Å². The zero-order valence-electron chi connectivity index (χ0n) is 8.97. The van der Waals surface area contributed by atoms with Gasteiger partial charge in [0, 0.05) is 13.1 Å². The van der Waals surface area contributed by atoms with E-state index in [0.29, 0.717) is 19.5 Å². The van der Waals surface area contributed by atoms with Gasteiger partial charge in [0.1, 0.15) is 6.04 Å². The maximum atomic E-state index is 11.9. The highest BCUT2D eigenvalue weighted by Crippen LogP contribution is 2.40. The summed E-state index contributed by atoms with van der Waals surface area (Å²) in [5, 5.41) is 11.4. The summed E-state index contributed by atoms with van der Waals surface area (Å²) < 4.78 is 0. The molecule has 3 unspecified atom stereocenters. The van der Waals surface area contributed by atoms with Crippen molar-refractivity contribution in [2.75, 3.05) is 13.1 Å². The molecule has 88 valence electrons. The van der Waals surface area contributed by atoms with Crippen LogP contribution in [0.1, 0.15) is 13.3 Å². The number of aliphatic carboxylic acids is 1. The average Bonchev–Trinajstić information content (AvgIpc) is 3.01. The summed E-state index contributed by atoms with van der Waals surface area (Å²) in [6.07, 6.45) is 0.402. The molecule has 16 heavy (non-hydrogen) atoms. The van der Waals surface area contributed by atoms with Crippen molar-refractivity contribution in [2.45, 2.75) is 19.4 Å². The molecule has 1 aliphatic heterocycles. The van der Waals surface area contributed by atoms with Crippen LogP contribution in [0.2, 0.25) is 0 Å². The first kappa shape index (κ1) is 10.9. The molecular weight excluding hydrogens is 212 g/mol. The highest BCUT2D eigenvalue weighted by atomic mass is 16.4. The molecule has 2 N–H and O–H groups in total. The Bertz CT molecular complexity index is 355. The Hall–Kier alpha value is -1.59. The van der Waals surface area contributed by atoms with Crippen molar-refractivity contribution in [1.82, 2.24) is 10.2 Å². The molecule has 1 heterocycles. The minimum atomic E-state index is -0.924. The number of carbonyl (C=O) groups excluding carboxylic acids is 2. The van der Waals surface area contributed by atoms with Crippen LogP contribution in [0, 0.1) is 11.8 Å². The van der Waals surface area contributed by atoms with Gasteiger partial charge in [-0.2, -0.15) is 0 Å². The van der Waals surface area contributed by atoms with Gasteiger partial charge >= 0.3 is 5.97 Å². The number of carboxylic acid groups (broad SMARTS) is 1. The van der Waals surface area contributed by atoms with Gasteiger partial charge in [-0.15, -0.1) is 0 Å². The van der Waals surface area contributed by atoms with Crippen LogP contribution in [0.15, 0.2) is 0 Å². The number of hydrogen-bond donors (Lipinski definition) is 2. The molecule has 0 bridgehead atoms. The summed E-state index contributed by atoms with van der Waals surface area (Å²) in [6, 6.07) is -0.490. The zero-order valence-corrected chi connectivity index (χ0v) is 8.97. The van der Waals surface area contributed by atoms with Crippen molar-refractivity contribution in [1.29, 1.82) is 0 Å². The lowest BCUT2D eigenvalue weighted by molar-refractivity contribution is -0.146. The first-order chi connectivity index (χ1) is 7.52. The Morgan fingerprint density at radius 2 is 2.12 bits per heavy atom. The van der Waals surface area contributed by atoms with Gasteiger partial charge in [-0.3, -0.25) is 14.4 Å². The minimum absolute atomic E-state index is 0.174. The van der Waals surface area contributed by atoms with E-state index in [0.717, 1.165) is 0 Å². The Morgan fingerprint density at radius 3 is 2.69 bits per heavy atom. The second kappa shape index (κ2) is 3.77. The van der Waals surface area contributed by atoms with E-state index < -0.39 is 23.8 Å². The number of hydrogen-bond acceptors (Lipinski definition) is 3. The normalized spacial score (nSPS) is 33.2. The summed E-state index contributed by atoms with van der Waals surface area (Å²) in [5.74, 6) is -2.27. The molecule has 0 radical (unpaired) electrons. The number of carbonyl (C=O) groups is 3. The standard InChI is InChI=1S/C10H14N2O4/c1-5-8(13)11-2-3-12(5)9(14)6-4-7(6)10(15)16/h5-7H,2-4H2,1H3,(H,11,13)(H,15,16). The molecule has 0 aromatic carbocycles. The second-order valence-corrected chi connectivity index (χ2v) is 4.29. The van der Waals surface area contributed by atoms with Gasteiger partial charge in [0.05, 0.1) is 11.8 Å². The Labute approximate surface area is 92.6 Å². The van der Waals surface area contributed by atoms with E-state index in [4.69, 9.17) is 5.11 Å². The number of rotatable bonds is 2. The fourth-order valence-electron chi connectivity index (χ4n) is 2.04. The molecule has 0 aromatic rings. The number of carboxylic acids is 1. The number of nitrogens with zero attached hydrogens (tertiary/aromatic N) is 1. The molecule has 1 aliphatic carbocycles. The zero-order chi connectivity index (χ0) is 11.9. The smallest absolute Gasteiger partial charge is 0.307 e. The first-order valence-corrected chi connectivity index (χ1v) is 5.33. The van der Waals surface area contributed by atoms with Crippen molar-refractivity contribution < 1.29 is 19.5 Å². The van der Waals surface area contributed by atoms with Crippen LogP contribution < -0.4 is 5.32 Å². The van der Waals surface area contributed by atoms with Gasteiger partial charge in [0.25, 0.3) is 0 Å². The molecule has 2 fully saturated rings. The van der Waals surface area contributed by atoms with E-state index in [1.807, 2.05) is 0 Å². The highest BCUT2D eigenvalue weighted by molar-refractivity contribution is 5.93. The Morgan fingerprint density at radius 1 is 1.44 bits per heavy atom. The monoisotopic (exact) mass is 226 g/mol. The van der Waals surface area contributed by atoms with Gasteiger partial charge in [0.15, 0.2) is 0 Å². The number of nitrogens with one attached hydrogen (secondary N) is 1. The van der Waals surface area contributed by atoms with E-state index in [-0.39, 0.29) is 11.8 Å². The fourth-order valence-corrected chi connectivity index (χ4v) is 2.04. The molecule has 1 saturated heterocycles. The van der Waals surface area contributed by atoms with Gasteiger partial charge in [0.2, 0.25) is 11.8 Å². The summed E-state index contributed by atoms with van der Waals surface area (Å²) in [7, 11) is 0. The predicted octanol–water partition coefficient (Wildman–Crippen LogP) is -0.946. The van der Waals surface area contributed by atoms with Crippen molar-refractivity contribution in [3.05, 3.63) is 0 Å². The SMILES string of the molecule is CC1C(=O)NCCN1C(=O)C1CC1C(=O)O. The van der Waals surface area contributed by atoms with Crippen LogP contribution in [0.5, 0.6) is 0 Å². The van der Waals surface area contributed by atoms with E-state index in [1.165, 1.54) is 4.90 Å². The highest BCUT2D eigenvalue weighted by Gasteiger charge is 2.51. The molecule has 6 heteroatoms. The van der Waals surface area contributed by atoms with Crippen molar-refractivity contribution in [3.63, 3.8) is 0 Å². The molecule has 2 aliphatic rings. The Kier molecular flexibility index (Phi) is 2.57. The van der Waals surface area contributed by atoms with E-state index >= 15 is 0 Å². The summed E-state index contributed by atoms with van der Waals surface area (Å²) in [4.78, 5) is 35.4. The average molecular weight is 226 g/mol. The summed E-state index contributed by atoms with van der Waals surface area (Å²) in [6.45, 7) is 2.57. The van der Waals surface area contributed by atoms with E-state index in [2.05, 4.69) is 5.32 Å². The minimum Gasteiger partial charge on any atom is -0.481 e. The van der Waals surface area contributed by atoms with Crippen molar-refractivity contribution in [3.8, 4) is 0 Å². The molecule has 1 saturated carbocycles. The van der Waals surface area contributed by atoms with E-state index in [1.54, 1.807) is 6.92 Å². The second-order valence-electron chi connectivity index (χ2n) is 4.29. The Balaban J connectivity index is 2.00. The fraction of sp³-hybridized carbons (Fsp3) is 0.700. The van der Waals surface area contributed by atoms with Gasteiger partial charge in [-0.25, -0.2) is 0 Å². The third kappa shape index (κ3) is 1.75. The number of amides is 2. The lowest BCUT2D eigenvalue weighted by Gasteiger charge is -2.33. The number of piperazine rings is 1. The molecule has 0 spiro atoms. The van der Waals surface area contributed by atoms with Crippen LogP contribution in [0.3, 0.4) is 0 Å². The van der Waals surface area contributed by atoms with Crippen molar-refractivity contribution >= 4 is 17.8 Å². The van der Waals surface area contributed by atoms with Crippen LogP contribution in [0.25, 0.3) is 0 Å². The first-order valence-electron chi connectivity index (χ1n) is 5.33. The van der Waals surface area contributed by atoms with Gasteiger partial charge < -0.3 is 15.3 Å². The molecule has 3 atom stereocenters. The third-order valence-electron chi connectivity index (χ3n) is 3.21. The van der Waals surface area contributed by atoms with Crippen LogP contribution in [-0.4, -0.2) is 46.9 Å². The summed E-state index contributed by atoms with van der Waals surface area (Å²) >= 11 is 0. The molecule has 0 aromatic heterocycles. The van der Waals surface area contributed by atoms with E-state index in [9.17, 15) is 14.4 Å². The molecule has 2 rings (SSSR count).